The van der Waals surface area contributed by atoms with Crippen molar-refractivity contribution in [1.29, 1.82) is 0 Å². The number of hydrogen-bond donors (Lipinski definition) is 2. The van der Waals surface area contributed by atoms with E-state index in [1.807, 2.05) is 30.3 Å². The van der Waals surface area contributed by atoms with E-state index in [-0.39, 0.29) is 18.7 Å². The summed E-state index contributed by atoms with van der Waals surface area (Å²) in [5.41, 5.74) is 2.36. The number of hydrogen-bond acceptors (Lipinski definition) is 2. The Morgan fingerprint density at radius 3 is 2.38 bits per heavy atom. The molecule has 0 saturated carbocycles. The molecular weight excluding hydrogens is 407 g/mol. The fourth-order valence-corrected chi connectivity index (χ4v) is 3.03. The van der Waals surface area contributed by atoms with Gasteiger partial charge in [0.25, 0.3) is 0 Å². The number of halogens is 2. The van der Waals surface area contributed by atoms with E-state index in [2.05, 4.69) is 34.1 Å². The molecule has 0 unspecified atom stereocenters. The van der Waals surface area contributed by atoms with Crippen LogP contribution in [0.25, 0.3) is 11.1 Å². The van der Waals surface area contributed by atoms with E-state index in [1.165, 1.54) is 6.07 Å². The smallest absolute Gasteiger partial charge is 0.358 e. The zero-order valence-corrected chi connectivity index (χ0v) is 17.5. The van der Waals surface area contributed by atoms with Crippen LogP contribution in [-0.4, -0.2) is 9.46 Å². The van der Waals surface area contributed by atoms with E-state index in [0.29, 0.717) is 21.2 Å². The van der Waals surface area contributed by atoms with E-state index in [9.17, 15) is 13.9 Å². The summed E-state index contributed by atoms with van der Waals surface area (Å²) in [6, 6.07) is 20.6. The van der Waals surface area contributed by atoms with Crippen molar-refractivity contribution in [3.63, 3.8) is 0 Å². The number of rotatable bonds is 4. The summed E-state index contributed by atoms with van der Waals surface area (Å²) in [4.78, 5) is 0. The first-order valence-electron chi connectivity index (χ1n) is 8.55. The van der Waals surface area contributed by atoms with Crippen molar-refractivity contribution < 1.29 is 30.9 Å². The molecule has 0 saturated heterocycles. The SMILES string of the molecule is CC(F)(F)c1cc(C#C[C](=[V])Nc2cccc(O)c2)ccc1-c1ccccc1.[CH3-]. The third kappa shape index (κ3) is 6.05. The standard InChI is InChI=1S/C23H17F2NO.CH3.V/c1-23(24,25)22-15-17(12-13-21(22)18-8-3-2-4-9-18)7-6-14-26-19-10-5-11-20(27)16-19;;/h2-5,8-13,15-16,26-27H,1H3;1H3;/q;-1;. The minimum atomic E-state index is -2.99. The molecule has 0 spiro atoms. The summed E-state index contributed by atoms with van der Waals surface area (Å²) in [6.07, 6.45) is 0. The summed E-state index contributed by atoms with van der Waals surface area (Å²) in [7, 11) is 0. The van der Waals surface area contributed by atoms with Gasteiger partial charge in [0.1, 0.15) is 0 Å². The molecule has 0 heterocycles. The van der Waals surface area contributed by atoms with Crippen molar-refractivity contribution in [3.8, 4) is 28.7 Å². The fraction of sp³-hybridized carbons (Fsp3) is 0.0833. The first-order chi connectivity index (χ1) is 13.3. The third-order valence-corrected chi connectivity index (χ3v) is 4.36. The first kappa shape index (κ1) is 22.4. The molecule has 3 aromatic carbocycles. The molecule has 0 amide bonds. The molecule has 0 aromatic heterocycles. The van der Waals surface area contributed by atoms with E-state index >= 15 is 0 Å². The summed E-state index contributed by atoms with van der Waals surface area (Å²) < 4.78 is 29.0. The number of phenols is 1. The maximum Gasteiger partial charge on any atom is -0.358 e. The van der Waals surface area contributed by atoms with Crippen LogP contribution < -0.4 is 5.32 Å². The van der Waals surface area contributed by atoms with Gasteiger partial charge in [0.15, 0.2) is 0 Å². The normalized spacial score (nSPS) is 10.3. The minimum Gasteiger partial charge on any atom is -0.358 e. The molecule has 29 heavy (non-hydrogen) atoms. The molecule has 2 N–H and O–H groups in total. The van der Waals surface area contributed by atoms with Crippen LogP contribution in [0.1, 0.15) is 18.1 Å². The largest absolute Gasteiger partial charge is 0.358 e. The Kier molecular flexibility index (Phi) is 7.39. The number of nitrogens with one attached hydrogen (secondary N) is 1. The Hall–Kier alpha value is -2.87. The van der Waals surface area contributed by atoms with Gasteiger partial charge < -0.3 is 7.43 Å². The van der Waals surface area contributed by atoms with Crippen LogP contribution in [0.5, 0.6) is 5.75 Å². The van der Waals surface area contributed by atoms with Gasteiger partial charge in [-0.25, -0.2) is 0 Å². The second-order valence-electron chi connectivity index (χ2n) is 6.29. The maximum atomic E-state index is 14.2. The van der Waals surface area contributed by atoms with Crippen LogP contribution in [-0.2, 0) is 22.9 Å². The minimum absolute atomic E-state index is 0. The monoisotopic (exact) mass is 427 g/mol. The van der Waals surface area contributed by atoms with Crippen LogP contribution in [0.3, 0.4) is 0 Å². The predicted molar refractivity (Wildman–Crippen MR) is 111 cm³/mol. The Morgan fingerprint density at radius 2 is 1.72 bits per heavy atom. The van der Waals surface area contributed by atoms with Crippen LogP contribution in [0.15, 0.2) is 72.8 Å². The second-order valence-corrected chi connectivity index (χ2v) is 6.99. The number of anilines is 1. The maximum absolute atomic E-state index is 14.2. The van der Waals surface area contributed by atoms with Crippen molar-refractivity contribution in [2.24, 2.45) is 0 Å². The fourth-order valence-electron chi connectivity index (χ4n) is 2.74. The molecule has 0 bridgehead atoms. The van der Waals surface area contributed by atoms with Crippen LogP contribution in [0, 0.1) is 19.3 Å². The average molecular weight is 427 g/mol. The molecule has 0 aliphatic carbocycles. The molecule has 0 radical (unpaired) electrons. The van der Waals surface area contributed by atoms with Crippen LogP contribution >= 0.6 is 0 Å². The Morgan fingerprint density at radius 1 is 1.00 bits per heavy atom. The van der Waals surface area contributed by atoms with Crippen molar-refractivity contribution >= 4 is 10.0 Å². The van der Waals surface area contributed by atoms with Gasteiger partial charge in [0, 0.05) is 0 Å². The molecule has 3 aromatic rings. The number of benzene rings is 3. The summed E-state index contributed by atoms with van der Waals surface area (Å²) in [5.74, 6) is 2.97. The molecule has 0 aliphatic heterocycles. The first-order valence-corrected chi connectivity index (χ1v) is 9.24. The van der Waals surface area contributed by atoms with Gasteiger partial charge in [-0.2, -0.15) is 0 Å². The zero-order chi connectivity index (χ0) is 20.1. The average Bonchev–Trinajstić information content (AvgIpc) is 2.66. The van der Waals surface area contributed by atoms with Gasteiger partial charge in [0.05, 0.1) is 0 Å². The van der Waals surface area contributed by atoms with E-state index < -0.39 is 5.92 Å². The zero-order valence-electron chi connectivity index (χ0n) is 16.1. The van der Waals surface area contributed by atoms with Crippen molar-refractivity contribution in [2.45, 2.75) is 12.8 Å². The quantitative estimate of drug-likeness (QED) is 0.410. The van der Waals surface area contributed by atoms with Gasteiger partial charge in [-0.1, -0.05) is 0 Å². The van der Waals surface area contributed by atoms with Gasteiger partial charge in [-0.15, -0.1) is 0 Å². The van der Waals surface area contributed by atoms with Gasteiger partial charge in [-0.05, 0) is 0 Å². The number of phenolic OH excluding ortho intramolecular Hbond substituents is 1. The molecule has 2 nitrogen and oxygen atoms in total. The van der Waals surface area contributed by atoms with E-state index in [1.54, 1.807) is 36.4 Å². The van der Waals surface area contributed by atoms with Crippen LogP contribution in [0.2, 0.25) is 0 Å². The molecule has 147 valence electrons. The van der Waals surface area contributed by atoms with Crippen molar-refractivity contribution in [1.82, 2.24) is 0 Å². The Bertz CT molecular complexity index is 1060. The third-order valence-electron chi connectivity index (χ3n) is 4.01. The van der Waals surface area contributed by atoms with Gasteiger partial charge >= 0.3 is 172 Å². The van der Waals surface area contributed by atoms with Gasteiger partial charge in [-0.3, -0.25) is 0 Å². The molecule has 3 rings (SSSR count). The van der Waals surface area contributed by atoms with Crippen molar-refractivity contribution in [2.75, 3.05) is 5.32 Å². The predicted octanol–water partition coefficient (Wildman–Crippen LogP) is 5.76. The number of aromatic hydroxyl groups is 1. The van der Waals surface area contributed by atoms with Crippen LogP contribution in [0.4, 0.5) is 14.5 Å². The summed E-state index contributed by atoms with van der Waals surface area (Å²) in [6.45, 7) is 0.893. The van der Waals surface area contributed by atoms with Crippen molar-refractivity contribution in [3.05, 3.63) is 91.3 Å². The molecule has 0 aliphatic rings. The van der Waals surface area contributed by atoms with E-state index in [4.69, 9.17) is 0 Å². The Labute approximate surface area is 179 Å². The molecular formula is C24H20F2NOV-. The molecule has 0 atom stereocenters. The van der Waals surface area contributed by atoms with E-state index in [0.717, 1.165) is 12.5 Å². The summed E-state index contributed by atoms with van der Waals surface area (Å²) >= 11 is 2.29. The Balaban J connectivity index is 0.00000300. The molecule has 5 heteroatoms. The second kappa shape index (κ2) is 9.56. The topological polar surface area (TPSA) is 32.3 Å². The number of alkyl halides is 2. The summed E-state index contributed by atoms with van der Waals surface area (Å²) in [5, 5.41) is 12.5. The van der Waals surface area contributed by atoms with Gasteiger partial charge in [0.2, 0.25) is 0 Å². The molecule has 0 fully saturated rings.